The molecule has 2 heterocycles. The van der Waals surface area contributed by atoms with E-state index >= 15 is 0 Å². The van der Waals surface area contributed by atoms with Crippen LogP contribution < -0.4 is 18.9 Å². The van der Waals surface area contributed by atoms with E-state index in [9.17, 15) is 0 Å². The van der Waals surface area contributed by atoms with Gasteiger partial charge in [0.1, 0.15) is 41.3 Å². The zero-order chi connectivity index (χ0) is 33.5. The fourth-order valence-corrected chi connectivity index (χ4v) is 5.50. The fourth-order valence-electron chi connectivity index (χ4n) is 5.50. The number of hydrogen-bond acceptors (Lipinski definition) is 8. The van der Waals surface area contributed by atoms with Crippen molar-refractivity contribution in [2.45, 2.75) is 19.4 Å². The largest absolute Gasteiger partial charge is 0.496 e. The Bertz CT molecular complexity index is 1950. The molecule has 0 aliphatic carbocycles. The predicted octanol–water partition coefficient (Wildman–Crippen LogP) is 7.02. The molecule has 48 heavy (non-hydrogen) atoms. The van der Waals surface area contributed by atoms with Crippen molar-refractivity contribution in [3.05, 3.63) is 84.4 Å². The molecular formula is C38H44N6O4. The first kappa shape index (κ1) is 32.9. The molecule has 6 aromatic rings. The summed E-state index contributed by atoms with van der Waals surface area (Å²) in [5.74, 6) is 4.23. The van der Waals surface area contributed by atoms with E-state index in [0.29, 0.717) is 43.0 Å². The van der Waals surface area contributed by atoms with Gasteiger partial charge in [-0.15, -0.1) is 0 Å². The number of benzene rings is 4. The van der Waals surface area contributed by atoms with E-state index in [-0.39, 0.29) is 0 Å². The molecule has 0 atom stereocenters. The van der Waals surface area contributed by atoms with Crippen LogP contribution in [0.3, 0.4) is 0 Å². The molecule has 0 saturated heterocycles. The Labute approximate surface area is 281 Å². The lowest BCUT2D eigenvalue weighted by atomic mass is 10.1. The third-order valence-corrected chi connectivity index (χ3v) is 7.99. The zero-order valence-corrected chi connectivity index (χ0v) is 28.4. The SMILES string of the molecule is COc1cc(-c2nc3ccc(OCCCN(C)C)cc3[nH]2)c(OCc2ccccc2)cc1-c1nc2cc(OCCCN(C)C)ccc2[nH]1. The van der Waals surface area contributed by atoms with Crippen LogP contribution in [0.15, 0.2) is 78.9 Å². The van der Waals surface area contributed by atoms with Gasteiger partial charge >= 0.3 is 0 Å². The number of H-pyrrole nitrogens is 2. The minimum atomic E-state index is 0.388. The van der Waals surface area contributed by atoms with Gasteiger partial charge in [0, 0.05) is 25.2 Å². The molecule has 0 aliphatic heterocycles. The summed E-state index contributed by atoms with van der Waals surface area (Å²) in [7, 11) is 9.91. The highest BCUT2D eigenvalue weighted by Gasteiger charge is 2.20. The van der Waals surface area contributed by atoms with E-state index in [2.05, 4.69) is 48.0 Å². The average Bonchev–Trinajstić information content (AvgIpc) is 3.71. The third kappa shape index (κ3) is 8.07. The van der Waals surface area contributed by atoms with Gasteiger partial charge in [-0.3, -0.25) is 0 Å². The zero-order valence-electron chi connectivity index (χ0n) is 28.4. The van der Waals surface area contributed by atoms with Crippen molar-refractivity contribution < 1.29 is 18.9 Å². The normalized spacial score (nSPS) is 11.6. The summed E-state index contributed by atoms with van der Waals surface area (Å²) in [6, 6.07) is 25.9. The number of imidazole rings is 2. The molecule has 2 N–H and O–H groups in total. The Morgan fingerprint density at radius 3 is 1.90 bits per heavy atom. The van der Waals surface area contributed by atoms with E-state index in [4.69, 9.17) is 28.9 Å². The Morgan fingerprint density at radius 2 is 1.21 bits per heavy atom. The van der Waals surface area contributed by atoms with Crippen molar-refractivity contribution in [2.24, 2.45) is 0 Å². The van der Waals surface area contributed by atoms with Gasteiger partial charge in [-0.25, -0.2) is 9.97 Å². The second kappa shape index (κ2) is 15.2. The number of aromatic nitrogens is 4. The number of hydrogen-bond donors (Lipinski definition) is 2. The average molecular weight is 649 g/mol. The maximum absolute atomic E-state index is 6.50. The number of ether oxygens (including phenoxy) is 4. The maximum Gasteiger partial charge on any atom is 0.142 e. The van der Waals surface area contributed by atoms with E-state index in [1.807, 2.05) is 78.9 Å². The standard InChI is InChI=1S/C38H44N6O4/c1-43(2)17-9-19-46-27-13-15-31-33(21-27)41-37(39-31)29-24-36(48-25-26-11-7-6-8-12-26)30(23-35(29)45-5)38-40-32-16-14-28(22-34(32)42-38)47-20-10-18-44(3)4/h6-8,11-16,21-24H,9-10,17-20,25H2,1-5H3,(H,39,41)(H,40,42). The molecule has 0 bridgehead atoms. The van der Waals surface area contributed by atoms with Crippen molar-refractivity contribution in [1.82, 2.24) is 29.7 Å². The van der Waals surface area contributed by atoms with Gasteiger partial charge in [0.2, 0.25) is 0 Å². The predicted molar refractivity (Wildman–Crippen MR) is 191 cm³/mol. The van der Waals surface area contributed by atoms with Crippen LogP contribution in [-0.2, 0) is 6.61 Å². The van der Waals surface area contributed by atoms with Gasteiger partial charge in [-0.2, -0.15) is 0 Å². The van der Waals surface area contributed by atoms with Crippen LogP contribution in [0.1, 0.15) is 18.4 Å². The van der Waals surface area contributed by atoms with Crippen molar-refractivity contribution in [1.29, 1.82) is 0 Å². The van der Waals surface area contributed by atoms with Crippen molar-refractivity contribution in [3.63, 3.8) is 0 Å². The maximum atomic E-state index is 6.50. The minimum Gasteiger partial charge on any atom is -0.496 e. The van der Waals surface area contributed by atoms with Crippen LogP contribution in [0.25, 0.3) is 44.8 Å². The number of rotatable bonds is 16. The van der Waals surface area contributed by atoms with Gasteiger partial charge in [0.05, 0.1) is 53.5 Å². The van der Waals surface area contributed by atoms with E-state index < -0.39 is 0 Å². The quantitative estimate of drug-likeness (QED) is 0.108. The molecule has 0 amide bonds. The van der Waals surface area contributed by atoms with Crippen LogP contribution >= 0.6 is 0 Å². The van der Waals surface area contributed by atoms with Crippen molar-refractivity contribution >= 4 is 22.1 Å². The van der Waals surface area contributed by atoms with Gasteiger partial charge in [-0.1, -0.05) is 30.3 Å². The van der Waals surface area contributed by atoms with E-state index in [1.165, 1.54) is 0 Å². The molecule has 250 valence electrons. The molecular weight excluding hydrogens is 604 g/mol. The molecule has 10 heteroatoms. The van der Waals surface area contributed by atoms with E-state index in [0.717, 1.165) is 76.2 Å². The molecule has 6 rings (SSSR count). The minimum absolute atomic E-state index is 0.388. The van der Waals surface area contributed by atoms with Crippen LogP contribution in [-0.4, -0.2) is 91.3 Å². The Hall–Kier alpha value is -5.06. The summed E-state index contributed by atoms with van der Waals surface area (Å²) in [4.78, 5) is 21.1. The van der Waals surface area contributed by atoms with Crippen molar-refractivity contribution in [2.75, 3.05) is 61.6 Å². The van der Waals surface area contributed by atoms with Gasteiger partial charge in [0.15, 0.2) is 0 Å². The lowest BCUT2D eigenvalue weighted by molar-refractivity contribution is 0.282. The number of methoxy groups -OCH3 is 1. The summed E-state index contributed by atoms with van der Waals surface area (Å²) in [6.45, 7) is 3.62. The highest BCUT2D eigenvalue weighted by Crippen LogP contribution is 2.41. The van der Waals surface area contributed by atoms with Gasteiger partial charge in [-0.05, 0) is 83.0 Å². The van der Waals surface area contributed by atoms with Crippen LogP contribution in [0, 0.1) is 0 Å². The molecule has 0 fully saturated rings. The second-order valence-corrected chi connectivity index (χ2v) is 12.4. The summed E-state index contributed by atoms with van der Waals surface area (Å²) in [5.41, 5.74) is 6.04. The van der Waals surface area contributed by atoms with Gasteiger partial charge < -0.3 is 38.7 Å². The molecule has 0 aliphatic rings. The lowest BCUT2D eigenvalue weighted by Crippen LogP contribution is -2.15. The first-order valence-corrected chi connectivity index (χ1v) is 16.3. The number of fused-ring (bicyclic) bond motifs is 2. The lowest BCUT2D eigenvalue weighted by Gasteiger charge is -2.15. The Kier molecular flexibility index (Phi) is 10.4. The Morgan fingerprint density at radius 1 is 0.604 bits per heavy atom. The Balaban J connectivity index is 1.32. The highest BCUT2D eigenvalue weighted by molar-refractivity contribution is 5.86. The van der Waals surface area contributed by atoms with Crippen LogP contribution in [0.5, 0.6) is 23.0 Å². The number of nitrogens with one attached hydrogen (secondary N) is 2. The summed E-state index contributed by atoms with van der Waals surface area (Å²) >= 11 is 0. The highest BCUT2D eigenvalue weighted by atomic mass is 16.5. The summed E-state index contributed by atoms with van der Waals surface area (Å²) < 4.78 is 24.5. The smallest absolute Gasteiger partial charge is 0.142 e. The molecule has 0 unspecified atom stereocenters. The first-order valence-electron chi connectivity index (χ1n) is 16.3. The number of nitrogens with zero attached hydrogens (tertiary/aromatic N) is 4. The molecule has 2 aromatic heterocycles. The monoisotopic (exact) mass is 648 g/mol. The molecule has 10 nitrogen and oxygen atoms in total. The van der Waals surface area contributed by atoms with E-state index in [1.54, 1.807) is 7.11 Å². The molecule has 0 spiro atoms. The third-order valence-electron chi connectivity index (χ3n) is 7.99. The first-order chi connectivity index (χ1) is 23.4. The summed E-state index contributed by atoms with van der Waals surface area (Å²) in [6.07, 6.45) is 1.90. The molecule has 0 saturated carbocycles. The molecule has 4 aromatic carbocycles. The van der Waals surface area contributed by atoms with Crippen LogP contribution in [0.4, 0.5) is 0 Å². The summed E-state index contributed by atoms with van der Waals surface area (Å²) in [5, 5.41) is 0. The number of aromatic amines is 2. The fraction of sp³-hybridized carbons (Fsp3) is 0.316. The second-order valence-electron chi connectivity index (χ2n) is 12.4. The van der Waals surface area contributed by atoms with Crippen molar-refractivity contribution in [3.8, 4) is 45.8 Å². The topological polar surface area (TPSA) is 101 Å². The molecule has 0 radical (unpaired) electrons. The van der Waals surface area contributed by atoms with Crippen LogP contribution in [0.2, 0.25) is 0 Å². The van der Waals surface area contributed by atoms with Gasteiger partial charge in [0.25, 0.3) is 0 Å².